The van der Waals surface area contributed by atoms with Crippen LogP contribution in [0.3, 0.4) is 0 Å². The summed E-state index contributed by atoms with van der Waals surface area (Å²) in [4.78, 5) is 36.2. The molecule has 0 aromatic rings. The lowest BCUT2D eigenvalue weighted by atomic mass is 9.83. The minimum Gasteiger partial charge on any atom is -0.481 e. The molecule has 1 heterocycles. The van der Waals surface area contributed by atoms with Crippen molar-refractivity contribution in [3.8, 4) is 0 Å². The van der Waals surface area contributed by atoms with Crippen LogP contribution in [0.25, 0.3) is 0 Å². The number of hydrogen-bond donors (Lipinski definition) is 2. The van der Waals surface area contributed by atoms with Crippen molar-refractivity contribution in [3.63, 3.8) is 0 Å². The van der Waals surface area contributed by atoms with Crippen molar-refractivity contribution >= 4 is 17.9 Å². The summed E-state index contributed by atoms with van der Waals surface area (Å²) in [6.45, 7) is 8.47. The van der Waals surface area contributed by atoms with Gasteiger partial charge in [0.2, 0.25) is 5.91 Å². The number of urea groups is 1. The normalized spacial score (nSPS) is 18.5. The van der Waals surface area contributed by atoms with Gasteiger partial charge < -0.3 is 10.0 Å². The van der Waals surface area contributed by atoms with Crippen LogP contribution in [0.5, 0.6) is 0 Å². The van der Waals surface area contributed by atoms with Gasteiger partial charge in [0.15, 0.2) is 0 Å². The number of amides is 3. The van der Waals surface area contributed by atoms with Crippen LogP contribution in [-0.4, -0.2) is 41.0 Å². The van der Waals surface area contributed by atoms with Crippen LogP contribution in [0, 0.1) is 10.8 Å². The fourth-order valence-corrected chi connectivity index (χ4v) is 2.03. The number of hydrogen-bond acceptors (Lipinski definition) is 3. The highest BCUT2D eigenvalue weighted by molar-refractivity contribution is 5.96. The average molecular weight is 284 g/mol. The molecule has 0 aliphatic carbocycles. The average Bonchev–Trinajstić information content (AvgIpc) is 2.27. The van der Waals surface area contributed by atoms with Crippen molar-refractivity contribution in [2.45, 2.75) is 47.0 Å². The number of aliphatic carboxylic acids is 1. The van der Waals surface area contributed by atoms with Gasteiger partial charge in [0.1, 0.15) is 0 Å². The predicted molar refractivity (Wildman–Crippen MR) is 74.2 cm³/mol. The largest absolute Gasteiger partial charge is 0.481 e. The smallest absolute Gasteiger partial charge is 0.324 e. The summed E-state index contributed by atoms with van der Waals surface area (Å²) in [5, 5.41) is 11.2. The van der Waals surface area contributed by atoms with E-state index in [2.05, 4.69) is 19.2 Å². The van der Waals surface area contributed by atoms with Gasteiger partial charge in [-0.25, -0.2) is 4.79 Å². The third-order valence-electron chi connectivity index (χ3n) is 3.83. The molecule has 0 unspecified atom stereocenters. The van der Waals surface area contributed by atoms with Crippen molar-refractivity contribution in [2.75, 3.05) is 13.1 Å². The Morgan fingerprint density at radius 1 is 1.20 bits per heavy atom. The standard InChI is InChI=1S/C14H24N2O4/c1-13(2)5-7-16(8-6-13)12(20)15-10(17)9-14(3,4)11(18)19/h5-9H2,1-4H3,(H,18,19)(H,15,17,20). The van der Waals surface area contributed by atoms with E-state index in [1.54, 1.807) is 4.90 Å². The fraction of sp³-hybridized carbons (Fsp3) is 0.786. The summed E-state index contributed by atoms with van der Waals surface area (Å²) in [6, 6.07) is -0.424. The van der Waals surface area contributed by atoms with Crippen LogP contribution in [0.4, 0.5) is 4.79 Å². The van der Waals surface area contributed by atoms with Gasteiger partial charge >= 0.3 is 12.0 Å². The Morgan fingerprint density at radius 3 is 2.15 bits per heavy atom. The second kappa shape index (κ2) is 5.81. The zero-order valence-corrected chi connectivity index (χ0v) is 12.7. The second-order valence-corrected chi connectivity index (χ2v) is 6.87. The van der Waals surface area contributed by atoms with Gasteiger partial charge in [-0.2, -0.15) is 0 Å². The van der Waals surface area contributed by atoms with Gasteiger partial charge in [0, 0.05) is 19.5 Å². The van der Waals surface area contributed by atoms with Crippen LogP contribution in [0.2, 0.25) is 0 Å². The number of carbonyl (C=O) groups excluding carboxylic acids is 2. The molecule has 1 rings (SSSR count). The van der Waals surface area contributed by atoms with E-state index in [-0.39, 0.29) is 11.8 Å². The van der Waals surface area contributed by atoms with Gasteiger partial charge in [0.05, 0.1) is 5.41 Å². The minimum absolute atomic E-state index is 0.215. The number of likely N-dealkylation sites (tertiary alicyclic amines) is 1. The molecule has 20 heavy (non-hydrogen) atoms. The van der Waals surface area contributed by atoms with E-state index >= 15 is 0 Å². The quantitative estimate of drug-likeness (QED) is 0.828. The second-order valence-electron chi connectivity index (χ2n) is 6.87. The number of carbonyl (C=O) groups is 3. The number of rotatable bonds is 3. The molecule has 0 aromatic heterocycles. The van der Waals surface area contributed by atoms with E-state index in [9.17, 15) is 14.4 Å². The zero-order chi connectivity index (χ0) is 15.6. The van der Waals surface area contributed by atoms with Crippen molar-refractivity contribution in [1.29, 1.82) is 0 Å². The maximum Gasteiger partial charge on any atom is 0.324 e. The molecule has 0 bridgehead atoms. The summed E-state index contributed by atoms with van der Waals surface area (Å²) < 4.78 is 0. The molecule has 0 atom stereocenters. The highest BCUT2D eigenvalue weighted by Gasteiger charge is 2.32. The van der Waals surface area contributed by atoms with E-state index in [0.717, 1.165) is 12.8 Å². The van der Waals surface area contributed by atoms with E-state index in [0.29, 0.717) is 13.1 Å². The minimum atomic E-state index is -1.17. The molecule has 1 saturated heterocycles. The summed E-state index contributed by atoms with van der Waals surface area (Å²) >= 11 is 0. The molecule has 1 aliphatic rings. The first-order valence-corrected chi connectivity index (χ1v) is 6.86. The highest BCUT2D eigenvalue weighted by atomic mass is 16.4. The molecule has 6 nitrogen and oxygen atoms in total. The number of imide groups is 1. The molecule has 0 radical (unpaired) electrons. The van der Waals surface area contributed by atoms with E-state index in [1.165, 1.54) is 13.8 Å². The Morgan fingerprint density at radius 2 is 1.70 bits per heavy atom. The summed E-state index contributed by atoms with van der Waals surface area (Å²) in [7, 11) is 0. The van der Waals surface area contributed by atoms with Crippen molar-refractivity contribution in [1.82, 2.24) is 10.2 Å². The molecular formula is C14H24N2O4. The topological polar surface area (TPSA) is 86.7 Å². The zero-order valence-electron chi connectivity index (χ0n) is 12.7. The summed E-state index contributed by atoms with van der Waals surface area (Å²) in [5.41, 5.74) is -0.944. The van der Waals surface area contributed by atoms with Crippen molar-refractivity contribution in [2.24, 2.45) is 10.8 Å². The van der Waals surface area contributed by atoms with E-state index in [4.69, 9.17) is 5.11 Å². The number of carboxylic acids is 1. The molecule has 1 fully saturated rings. The summed E-state index contributed by atoms with van der Waals surface area (Å²) in [5.74, 6) is -1.60. The van der Waals surface area contributed by atoms with E-state index < -0.39 is 23.3 Å². The lowest BCUT2D eigenvalue weighted by Gasteiger charge is -2.36. The maximum absolute atomic E-state index is 11.9. The Bertz CT molecular complexity index is 405. The lowest BCUT2D eigenvalue weighted by molar-refractivity contribution is -0.149. The number of nitrogens with zero attached hydrogens (tertiary/aromatic N) is 1. The Hall–Kier alpha value is -1.59. The number of piperidine rings is 1. The molecule has 114 valence electrons. The molecular weight excluding hydrogens is 260 g/mol. The first-order chi connectivity index (χ1) is 9.03. The Balaban J connectivity index is 2.47. The molecule has 0 spiro atoms. The Labute approximate surface area is 119 Å². The van der Waals surface area contributed by atoms with Gasteiger partial charge in [-0.05, 0) is 32.1 Å². The van der Waals surface area contributed by atoms with Gasteiger partial charge in [-0.1, -0.05) is 13.8 Å². The molecule has 0 saturated carbocycles. The van der Waals surface area contributed by atoms with Crippen molar-refractivity contribution < 1.29 is 19.5 Å². The first-order valence-electron chi connectivity index (χ1n) is 6.86. The van der Waals surface area contributed by atoms with Crippen LogP contribution in [0.15, 0.2) is 0 Å². The first kappa shape index (κ1) is 16.5. The number of carboxylic acid groups (broad SMARTS) is 1. The predicted octanol–water partition coefficient (Wildman–Crippen LogP) is 1.85. The van der Waals surface area contributed by atoms with Crippen LogP contribution >= 0.6 is 0 Å². The van der Waals surface area contributed by atoms with Gasteiger partial charge in [-0.15, -0.1) is 0 Å². The number of nitrogens with one attached hydrogen (secondary N) is 1. The summed E-state index contributed by atoms with van der Waals surface area (Å²) in [6.07, 6.45) is 1.58. The SMILES string of the molecule is CC1(C)CCN(C(=O)NC(=O)CC(C)(C)C(=O)O)CC1. The molecule has 1 aliphatic heterocycles. The van der Waals surface area contributed by atoms with Crippen LogP contribution < -0.4 is 5.32 Å². The van der Waals surface area contributed by atoms with Crippen molar-refractivity contribution in [3.05, 3.63) is 0 Å². The third kappa shape index (κ3) is 4.51. The van der Waals surface area contributed by atoms with Gasteiger partial charge in [-0.3, -0.25) is 14.9 Å². The van der Waals surface area contributed by atoms with E-state index in [1.807, 2.05) is 0 Å². The van der Waals surface area contributed by atoms with Gasteiger partial charge in [0.25, 0.3) is 0 Å². The molecule has 3 amide bonds. The monoisotopic (exact) mass is 284 g/mol. The Kier molecular flexibility index (Phi) is 4.78. The highest BCUT2D eigenvalue weighted by Crippen LogP contribution is 2.29. The van der Waals surface area contributed by atoms with Crippen LogP contribution in [-0.2, 0) is 9.59 Å². The molecule has 6 heteroatoms. The molecule has 2 N–H and O–H groups in total. The third-order valence-corrected chi connectivity index (χ3v) is 3.83. The molecule has 0 aromatic carbocycles. The maximum atomic E-state index is 11.9. The fourth-order valence-electron chi connectivity index (χ4n) is 2.03. The lowest BCUT2D eigenvalue weighted by Crippen LogP contribution is -2.48. The van der Waals surface area contributed by atoms with Crippen LogP contribution in [0.1, 0.15) is 47.0 Å².